The lowest BCUT2D eigenvalue weighted by Gasteiger charge is -2.12. The molecule has 0 amide bonds. The van der Waals surface area contributed by atoms with Crippen molar-refractivity contribution < 1.29 is 9.47 Å². The fraction of sp³-hybridized carbons (Fsp3) is 0.200. The quantitative estimate of drug-likeness (QED) is 0.811. The van der Waals surface area contributed by atoms with Crippen LogP contribution in [0.5, 0.6) is 11.5 Å². The van der Waals surface area contributed by atoms with Crippen LogP contribution in [-0.4, -0.2) is 14.2 Å². The van der Waals surface area contributed by atoms with Gasteiger partial charge in [-0.3, -0.25) is 0 Å². The smallest absolute Gasteiger partial charge is 0.127 e. The predicted octanol–water partition coefficient (Wildman–Crippen LogP) is 3.92. The number of hydrogen-bond acceptors (Lipinski definition) is 3. The molecule has 3 nitrogen and oxygen atoms in total. The van der Waals surface area contributed by atoms with Crippen molar-refractivity contribution in [1.29, 1.82) is 0 Å². The van der Waals surface area contributed by atoms with Gasteiger partial charge in [-0.25, -0.2) is 0 Å². The molecule has 0 aromatic heterocycles. The van der Waals surface area contributed by atoms with Gasteiger partial charge in [0.2, 0.25) is 0 Å². The van der Waals surface area contributed by atoms with Gasteiger partial charge in [-0.15, -0.1) is 0 Å². The van der Waals surface area contributed by atoms with Gasteiger partial charge >= 0.3 is 0 Å². The summed E-state index contributed by atoms with van der Waals surface area (Å²) in [7, 11) is 3.32. The van der Waals surface area contributed by atoms with E-state index in [0.717, 1.165) is 22.7 Å². The minimum Gasteiger partial charge on any atom is -0.497 e. The number of methoxy groups -OCH3 is 2. The Labute approximate surface area is 127 Å². The van der Waals surface area contributed by atoms with Gasteiger partial charge in [0.05, 0.1) is 14.2 Å². The highest BCUT2D eigenvalue weighted by Crippen LogP contribution is 2.25. The molecular weight excluding hydrogens is 353 g/mol. The van der Waals surface area contributed by atoms with Crippen molar-refractivity contribution in [1.82, 2.24) is 0 Å². The average Bonchev–Trinajstić information content (AvgIpc) is 2.45. The van der Waals surface area contributed by atoms with Crippen molar-refractivity contribution >= 4 is 28.3 Å². The molecule has 0 heterocycles. The second-order valence-corrected chi connectivity index (χ2v) is 5.29. The molecule has 0 aliphatic heterocycles. The van der Waals surface area contributed by atoms with E-state index in [2.05, 4.69) is 46.1 Å². The Kier molecular flexibility index (Phi) is 4.90. The summed E-state index contributed by atoms with van der Waals surface area (Å²) in [5.74, 6) is 1.63. The molecule has 4 heteroatoms. The second-order valence-electron chi connectivity index (χ2n) is 4.04. The Balaban J connectivity index is 2.11. The van der Waals surface area contributed by atoms with Crippen molar-refractivity contribution in [2.24, 2.45) is 0 Å². The van der Waals surface area contributed by atoms with E-state index in [0.29, 0.717) is 6.54 Å². The van der Waals surface area contributed by atoms with Gasteiger partial charge in [0.1, 0.15) is 11.5 Å². The molecule has 2 aromatic carbocycles. The number of rotatable bonds is 5. The van der Waals surface area contributed by atoms with Crippen LogP contribution in [-0.2, 0) is 6.54 Å². The summed E-state index contributed by atoms with van der Waals surface area (Å²) in [6.45, 7) is 0.716. The van der Waals surface area contributed by atoms with Crippen LogP contribution in [0.15, 0.2) is 42.5 Å². The van der Waals surface area contributed by atoms with Crippen molar-refractivity contribution in [2.75, 3.05) is 19.5 Å². The van der Waals surface area contributed by atoms with Crippen LogP contribution in [0.2, 0.25) is 0 Å². The van der Waals surface area contributed by atoms with Gasteiger partial charge in [-0.1, -0.05) is 6.07 Å². The maximum absolute atomic E-state index is 5.38. The molecule has 0 atom stereocenters. The van der Waals surface area contributed by atoms with E-state index in [-0.39, 0.29) is 0 Å². The first-order valence-corrected chi connectivity index (χ1v) is 7.01. The van der Waals surface area contributed by atoms with E-state index in [1.807, 2.05) is 24.3 Å². The van der Waals surface area contributed by atoms with Crippen molar-refractivity contribution in [2.45, 2.75) is 6.54 Å². The SMILES string of the molecule is COc1ccc(CNc2cccc(I)c2)c(OC)c1. The molecule has 100 valence electrons. The van der Waals surface area contributed by atoms with Gasteiger partial charge in [0, 0.05) is 27.4 Å². The fourth-order valence-corrected chi connectivity index (χ4v) is 2.34. The molecule has 0 spiro atoms. The molecule has 2 rings (SSSR count). The summed E-state index contributed by atoms with van der Waals surface area (Å²) in [6.07, 6.45) is 0. The molecule has 0 saturated heterocycles. The number of anilines is 1. The molecule has 0 aliphatic rings. The number of ether oxygens (including phenoxy) is 2. The largest absolute Gasteiger partial charge is 0.497 e. The van der Waals surface area contributed by atoms with E-state index in [9.17, 15) is 0 Å². The summed E-state index contributed by atoms with van der Waals surface area (Å²) in [6, 6.07) is 14.1. The Morgan fingerprint density at radius 3 is 2.58 bits per heavy atom. The fourth-order valence-electron chi connectivity index (χ4n) is 1.79. The predicted molar refractivity (Wildman–Crippen MR) is 86.0 cm³/mol. The summed E-state index contributed by atoms with van der Waals surface area (Å²) in [5.41, 5.74) is 2.20. The van der Waals surface area contributed by atoms with Gasteiger partial charge in [0.15, 0.2) is 0 Å². The summed E-state index contributed by atoms with van der Waals surface area (Å²) >= 11 is 2.30. The third kappa shape index (κ3) is 3.76. The molecule has 0 radical (unpaired) electrons. The van der Waals surface area contributed by atoms with Crippen LogP contribution in [0, 0.1) is 3.57 Å². The Morgan fingerprint density at radius 2 is 1.89 bits per heavy atom. The van der Waals surface area contributed by atoms with Crippen LogP contribution in [0.3, 0.4) is 0 Å². The molecular formula is C15H16INO2. The number of nitrogens with one attached hydrogen (secondary N) is 1. The van der Waals surface area contributed by atoms with Gasteiger partial charge in [-0.2, -0.15) is 0 Å². The summed E-state index contributed by atoms with van der Waals surface area (Å²) in [5, 5.41) is 3.39. The highest BCUT2D eigenvalue weighted by molar-refractivity contribution is 14.1. The highest BCUT2D eigenvalue weighted by atomic mass is 127. The standard InChI is InChI=1S/C15H16INO2/c1-18-14-7-6-11(15(9-14)19-2)10-17-13-5-3-4-12(16)8-13/h3-9,17H,10H2,1-2H3. The van der Waals surface area contributed by atoms with Crippen molar-refractivity contribution in [3.8, 4) is 11.5 Å². The van der Waals surface area contributed by atoms with Crippen LogP contribution < -0.4 is 14.8 Å². The Morgan fingerprint density at radius 1 is 1.05 bits per heavy atom. The zero-order valence-corrected chi connectivity index (χ0v) is 13.1. The van der Waals surface area contributed by atoms with Crippen LogP contribution in [0.25, 0.3) is 0 Å². The molecule has 0 unspecified atom stereocenters. The zero-order valence-electron chi connectivity index (χ0n) is 10.9. The number of halogens is 1. The molecule has 2 aromatic rings. The normalized spacial score (nSPS) is 10.1. The van der Waals surface area contributed by atoms with E-state index in [1.165, 1.54) is 3.57 Å². The van der Waals surface area contributed by atoms with Crippen LogP contribution in [0.4, 0.5) is 5.69 Å². The first kappa shape index (κ1) is 14.0. The van der Waals surface area contributed by atoms with Crippen LogP contribution in [0.1, 0.15) is 5.56 Å². The van der Waals surface area contributed by atoms with Gasteiger partial charge in [0.25, 0.3) is 0 Å². The van der Waals surface area contributed by atoms with Crippen LogP contribution >= 0.6 is 22.6 Å². The minimum absolute atomic E-state index is 0.716. The molecule has 19 heavy (non-hydrogen) atoms. The van der Waals surface area contributed by atoms with E-state index in [1.54, 1.807) is 14.2 Å². The first-order chi connectivity index (χ1) is 9.22. The minimum atomic E-state index is 0.716. The molecule has 0 bridgehead atoms. The molecule has 1 N–H and O–H groups in total. The molecule has 0 aliphatic carbocycles. The Hall–Kier alpha value is -1.43. The third-order valence-electron chi connectivity index (χ3n) is 2.80. The van der Waals surface area contributed by atoms with E-state index < -0.39 is 0 Å². The average molecular weight is 369 g/mol. The lowest BCUT2D eigenvalue weighted by Crippen LogP contribution is -2.02. The van der Waals surface area contributed by atoms with Gasteiger partial charge < -0.3 is 14.8 Å². The van der Waals surface area contributed by atoms with E-state index in [4.69, 9.17) is 9.47 Å². The summed E-state index contributed by atoms with van der Waals surface area (Å²) < 4.78 is 11.8. The monoisotopic (exact) mass is 369 g/mol. The van der Waals surface area contributed by atoms with Gasteiger partial charge in [-0.05, 0) is 52.9 Å². The maximum atomic E-state index is 5.38. The van der Waals surface area contributed by atoms with Crippen molar-refractivity contribution in [3.63, 3.8) is 0 Å². The zero-order chi connectivity index (χ0) is 13.7. The Bertz CT molecular complexity index is 558. The maximum Gasteiger partial charge on any atom is 0.127 e. The number of hydrogen-bond donors (Lipinski definition) is 1. The third-order valence-corrected chi connectivity index (χ3v) is 3.47. The molecule has 0 saturated carbocycles. The second kappa shape index (κ2) is 6.65. The first-order valence-electron chi connectivity index (χ1n) is 5.93. The van der Waals surface area contributed by atoms with E-state index >= 15 is 0 Å². The summed E-state index contributed by atoms with van der Waals surface area (Å²) in [4.78, 5) is 0. The lowest BCUT2D eigenvalue weighted by molar-refractivity contribution is 0.391. The molecule has 0 fully saturated rings. The van der Waals surface area contributed by atoms with Crippen molar-refractivity contribution in [3.05, 3.63) is 51.6 Å². The topological polar surface area (TPSA) is 30.5 Å². The highest BCUT2D eigenvalue weighted by Gasteiger charge is 2.04. The lowest BCUT2D eigenvalue weighted by atomic mass is 10.2. The number of benzene rings is 2.